The van der Waals surface area contributed by atoms with Gasteiger partial charge in [-0.1, -0.05) is 6.92 Å². The largest absolute Gasteiger partial charge is 0.439 e. The maximum Gasteiger partial charge on any atom is 0.264 e. The predicted octanol–water partition coefficient (Wildman–Crippen LogP) is 1.37. The molecule has 0 bridgehead atoms. The second-order valence-electron chi connectivity index (χ2n) is 2.27. The fraction of sp³-hybridized carbons (Fsp3) is 0.500. The Morgan fingerprint density at radius 3 is 2.75 bits per heavy atom. The van der Waals surface area contributed by atoms with Crippen LogP contribution in [0.15, 0.2) is 15.5 Å². The van der Waals surface area contributed by atoms with Crippen molar-refractivity contribution in [1.29, 1.82) is 0 Å². The summed E-state index contributed by atoms with van der Waals surface area (Å²) in [6.45, 7) is 1.60. The number of aromatic nitrogens is 1. The smallest absolute Gasteiger partial charge is 0.264 e. The van der Waals surface area contributed by atoms with Crippen molar-refractivity contribution in [3.63, 3.8) is 0 Å². The van der Waals surface area contributed by atoms with Crippen LogP contribution in [0.1, 0.15) is 12.6 Å². The van der Waals surface area contributed by atoms with E-state index in [4.69, 9.17) is 4.42 Å². The van der Waals surface area contributed by atoms with Gasteiger partial charge in [0, 0.05) is 21.7 Å². The van der Waals surface area contributed by atoms with Gasteiger partial charge in [0.05, 0.1) is 11.4 Å². The minimum atomic E-state index is -3.00. The highest BCUT2D eigenvalue weighted by molar-refractivity contribution is 9.10. The monoisotopic (exact) mass is 253 g/mol. The molecular formula is C6H8BrNO3S. The van der Waals surface area contributed by atoms with Crippen LogP contribution in [0.5, 0.6) is 0 Å². The number of nitrogens with zero attached hydrogens (tertiary/aromatic N) is 1. The third-order valence-corrected chi connectivity index (χ3v) is 3.31. The van der Waals surface area contributed by atoms with E-state index in [1.165, 1.54) is 6.26 Å². The summed E-state index contributed by atoms with van der Waals surface area (Å²) in [7, 11) is -3.00. The molecule has 0 unspecified atom stereocenters. The fourth-order valence-corrected chi connectivity index (χ4v) is 1.78. The zero-order chi connectivity index (χ0) is 9.19. The van der Waals surface area contributed by atoms with E-state index in [9.17, 15) is 8.42 Å². The second kappa shape index (κ2) is 3.57. The second-order valence-corrected chi connectivity index (χ2v) is 5.30. The van der Waals surface area contributed by atoms with Gasteiger partial charge in [-0.25, -0.2) is 13.4 Å². The molecule has 0 fully saturated rings. The summed E-state index contributed by atoms with van der Waals surface area (Å²) in [6.07, 6.45) is 1.33. The van der Waals surface area contributed by atoms with Crippen LogP contribution in [0.3, 0.4) is 0 Å². The van der Waals surface area contributed by atoms with E-state index >= 15 is 0 Å². The first kappa shape index (κ1) is 9.73. The molecule has 1 heterocycles. The third-order valence-electron chi connectivity index (χ3n) is 1.33. The lowest BCUT2D eigenvalue weighted by molar-refractivity contribution is 0.528. The minimum Gasteiger partial charge on any atom is -0.439 e. The third kappa shape index (κ3) is 2.60. The molecule has 0 saturated carbocycles. The molecule has 0 N–H and O–H groups in total. The van der Waals surface area contributed by atoms with Gasteiger partial charge in [0.2, 0.25) is 0 Å². The Morgan fingerprint density at radius 2 is 2.33 bits per heavy atom. The van der Waals surface area contributed by atoms with E-state index in [-0.39, 0.29) is 11.5 Å². The maximum absolute atomic E-state index is 11.1. The van der Waals surface area contributed by atoms with E-state index in [0.717, 1.165) is 0 Å². The lowest BCUT2D eigenvalue weighted by Gasteiger charge is -1.94. The van der Waals surface area contributed by atoms with Crippen molar-refractivity contribution in [1.82, 2.24) is 4.98 Å². The number of hydrogen-bond donors (Lipinski definition) is 0. The predicted molar refractivity (Wildman–Crippen MR) is 47.4 cm³/mol. The molecule has 0 saturated heterocycles. The molecule has 12 heavy (non-hydrogen) atoms. The van der Waals surface area contributed by atoms with Crippen LogP contribution in [0, 0.1) is 0 Å². The highest BCUT2D eigenvalue weighted by Crippen LogP contribution is 2.11. The Kier molecular flexibility index (Phi) is 2.89. The van der Waals surface area contributed by atoms with Gasteiger partial charge in [-0.3, -0.25) is 0 Å². The Bertz CT molecular complexity index is 357. The summed E-state index contributed by atoms with van der Waals surface area (Å²) in [5, 5.41) is 0. The first-order valence-electron chi connectivity index (χ1n) is 3.34. The van der Waals surface area contributed by atoms with Gasteiger partial charge >= 0.3 is 0 Å². The van der Waals surface area contributed by atoms with E-state index in [0.29, 0.717) is 10.5 Å². The molecule has 0 aliphatic rings. The average molecular weight is 254 g/mol. The number of hydrogen-bond acceptors (Lipinski definition) is 4. The summed E-state index contributed by atoms with van der Waals surface area (Å²) >= 11 is 2.99. The van der Waals surface area contributed by atoms with E-state index in [1.807, 2.05) is 0 Å². The molecule has 0 amide bonds. The van der Waals surface area contributed by atoms with Crippen LogP contribution in [0.25, 0.3) is 0 Å². The van der Waals surface area contributed by atoms with Crippen molar-refractivity contribution >= 4 is 25.8 Å². The highest BCUT2D eigenvalue weighted by atomic mass is 79.9. The van der Waals surface area contributed by atoms with E-state index in [1.54, 1.807) is 6.92 Å². The molecule has 6 heteroatoms. The summed E-state index contributed by atoms with van der Waals surface area (Å²) in [5.74, 6) is 0.0656. The van der Waals surface area contributed by atoms with Gasteiger partial charge in [0.25, 0.3) is 4.80 Å². The van der Waals surface area contributed by atoms with Crippen LogP contribution >= 0.6 is 15.9 Å². The van der Waals surface area contributed by atoms with Crippen LogP contribution in [-0.2, 0) is 15.6 Å². The number of rotatable bonds is 3. The average Bonchev–Trinajstić information content (AvgIpc) is 2.35. The van der Waals surface area contributed by atoms with Crippen molar-refractivity contribution in [2.24, 2.45) is 0 Å². The van der Waals surface area contributed by atoms with E-state index in [2.05, 4.69) is 20.9 Å². The quantitative estimate of drug-likeness (QED) is 0.817. The molecule has 0 aliphatic carbocycles. The number of sulfone groups is 1. The number of oxazole rings is 1. The maximum atomic E-state index is 11.1. The van der Waals surface area contributed by atoms with Crippen molar-refractivity contribution < 1.29 is 12.8 Å². The van der Waals surface area contributed by atoms with Crippen molar-refractivity contribution in [2.75, 3.05) is 5.75 Å². The molecule has 4 nitrogen and oxygen atoms in total. The van der Waals surface area contributed by atoms with E-state index < -0.39 is 9.84 Å². The van der Waals surface area contributed by atoms with Gasteiger partial charge in [-0.15, -0.1) is 0 Å². The summed E-state index contributed by atoms with van der Waals surface area (Å²) in [4.78, 5) is 4.12. The van der Waals surface area contributed by atoms with Crippen LogP contribution in [0.4, 0.5) is 0 Å². The zero-order valence-corrected chi connectivity index (χ0v) is 8.85. The van der Waals surface area contributed by atoms with Gasteiger partial charge in [-0.2, -0.15) is 0 Å². The lowest BCUT2D eigenvalue weighted by Crippen LogP contribution is -2.06. The minimum absolute atomic E-state index is 0.0569. The molecule has 0 atom stereocenters. The standard InChI is InChI=1S/C6H8BrNO3S/c1-2-12(9,10)4-5-3-11-6(7)8-5/h3H,2,4H2,1H3. The molecule has 1 rings (SSSR count). The molecule has 0 aliphatic heterocycles. The Balaban J connectivity index is 2.77. The first-order valence-corrected chi connectivity index (χ1v) is 5.95. The van der Waals surface area contributed by atoms with Crippen LogP contribution in [0.2, 0.25) is 0 Å². The highest BCUT2D eigenvalue weighted by Gasteiger charge is 2.11. The van der Waals surface area contributed by atoms with Crippen molar-refractivity contribution in [3.8, 4) is 0 Å². The molecule has 0 radical (unpaired) electrons. The first-order chi connectivity index (χ1) is 5.53. The zero-order valence-electron chi connectivity index (χ0n) is 6.45. The fourth-order valence-electron chi connectivity index (χ4n) is 0.676. The summed E-state index contributed by atoms with van der Waals surface area (Å²) in [6, 6.07) is 0. The van der Waals surface area contributed by atoms with Gasteiger partial charge in [0.1, 0.15) is 6.26 Å². The van der Waals surface area contributed by atoms with Crippen LogP contribution < -0.4 is 0 Å². The molecule has 1 aromatic rings. The Hall–Kier alpha value is -0.360. The Morgan fingerprint density at radius 1 is 1.67 bits per heavy atom. The van der Waals surface area contributed by atoms with Crippen molar-refractivity contribution in [2.45, 2.75) is 12.7 Å². The molecule has 68 valence electrons. The summed E-state index contributed by atoms with van der Waals surface area (Å²) < 4.78 is 27.0. The van der Waals surface area contributed by atoms with Gasteiger partial charge < -0.3 is 4.42 Å². The van der Waals surface area contributed by atoms with Gasteiger partial charge in [-0.05, 0) is 0 Å². The molecule has 0 aromatic carbocycles. The lowest BCUT2D eigenvalue weighted by atomic mass is 10.6. The van der Waals surface area contributed by atoms with Gasteiger partial charge in [0.15, 0.2) is 9.84 Å². The summed E-state index contributed by atoms with van der Waals surface area (Å²) in [5.41, 5.74) is 0.434. The normalized spacial score (nSPS) is 11.8. The van der Waals surface area contributed by atoms with Crippen molar-refractivity contribution in [3.05, 3.63) is 16.8 Å². The van der Waals surface area contributed by atoms with Crippen LogP contribution in [-0.4, -0.2) is 19.2 Å². The molecule has 0 spiro atoms. The number of halogens is 1. The SMILES string of the molecule is CCS(=O)(=O)Cc1coc(Br)n1. The molecule has 1 aromatic heterocycles. The molecular weight excluding hydrogens is 246 g/mol. The Labute approximate surface area is 79.0 Å². The topological polar surface area (TPSA) is 60.2 Å².